The van der Waals surface area contributed by atoms with Crippen molar-refractivity contribution < 1.29 is 14.3 Å². The number of hydrogen-bond donors (Lipinski definition) is 1. The maximum Gasteiger partial charge on any atom is 0.250 e. The van der Waals surface area contributed by atoms with Gasteiger partial charge in [-0.15, -0.1) is 0 Å². The molecular weight excluding hydrogens is 242 g/mol. The molecule has 0 aromatic heterocycles. The Hall–Kier alpha value is -1.68. The largest absolute Gasteiger partial charge is 0.375 e. The summed E-state index contributed by atoms with van der Waals surface area (Å²) in [5.74, 6) is -0.179. The molecule has 2 rings (SSSR count). The fourth-order valence-corrected chi connectivity index (χ4v) is 2.69. The lowest BCUT2D eigenvalue weighted by Crippen LogP contribution is -2.23. The molecule has 1 aliphatic rings. The maximum atomic E-state index is 11.4. The van der Waals surface area contributed by atoms with Gasteiger partial charge in [-0.1, -0.05) is 25.0 Å². The molecule has 19 heavy (non-hydrogen) atoms. The number of methoxy groups -OCH3 is 1. The molecule has 1 amide bonds. The van der Waals surface area contributed by atoms with Crippen molar-refractivity contribution in [1.29, 1.82) is 0 Å². The second-order valence-corrected chi connectivity index (χ2v) is 5.04. The molecular formula is C15H19NO3. The molecule has 0 saturated heterocycles. The van der Waals surface area contributed by atoms with Crippen molar-refractivity contribution in [2.45, 2.75) is 31.1 Å². The average Bonchev–Trinajstić information content (AvgIpc) is 2.90. The van der Waals surface area contributed by atoms with Gasteiger partial charge in [0.2, 0.25) is 5.91 Å². The minimum Gasteiger partial charge on any atom is -0.375 e. The molecule has 0 aliphatic heterocycles. The maximum absolute atomic E-state index is 11.4. The number of hydrogen-bond acceptors (Lipinski definition) is 3. The van der Waals surface area contributed by atoms with Gasteiger partial charge in [-0.05, 0) is 30.5 Å². The highest BCUT2D eigenvalue weighted by Gasteiger charge is 2.35. The van der Waals surface area contributed by atoms with Crippen molar-refractivity contribution >= 4 is 17.9 Å². The van der Waals surface area contributed by atoms with E-state index in [1.165, 1.54) is 7.11 Å². The molecule has 4 nitrogen and oxygen atoms in total. The van der Waals surface area contributed by atoms with Crippen molar-refractivity contribution in [3.8, 4) is 0 Å². The Morgan fingerprint density at radius 3 is 2.47 bits per heavy atom. The standard InChI is InChI=1S/C15H19NO3/c1-19-10-14(18)16-13-6-4-12(5-7-13)15(11-17)8-2-3-9-15/h4-7,11H,2-3,8-10H2,1H3,(H,16,18). The van der Waals surface area contributed by atoms with E-state index in [0.29, 0.717) is 0 Å². The molecule has 1 aromatic carbocycles. The highest BCUT2D eigenvalue weighted by molar-refractivity contribution is 5.91. The number of benzene rings is 1. The smallest absolute Gasteiger partial charge is 0.250 e. The van der Waals surface area contributed by atoms with Gasteiger partial charge in [0.1, 0.15) is 12.9 Å². The summed E-state index contributed by atoms with van der Waals surface area (Å²) in [5, 5.41) is 2.74. The van der Waals surface area contributed by atoms with E-state index in [9.17, 15) is 9.59 Å². The first-order chi connectivity index (χ1) is 9.20. The molecule has 1 fully saturated rings. The third-order valence-corrected chi connectivity index (χ3v) is 3.74. The van der Waals surface area contributed by atoms with Crippen molar-refractivity contribution in [3.63, 3.8) is 0 Å². The summed E-state index contributed by atoms with van der Waals surface area (Å²) in [6.45, 7) is 0.0417. The highest BCUT2D eigenvalue weighted by Crippen LogP contribution is 2.39. The molecule has 102 valence electrons. The molecule has 1 saturated carbocycles. The highest BCUT2D eigenvalue weighted by atomic mass is 16.5. The zero-order chi connectivity index (χ0) is 13.7. The van der Waals surface area contributed by atoms with E-state index in [0.717, 1.165) is 43.2 Å². The Labute approximate surface area is 113 Å². The van der Waals surface area contributed by atoms with Crippen LogP contribution >= 0.6 is 0 Å². The summed E-state index contributed by atoms with van der Waals surface area (Å²) < 4.78 is 4.76. The molecule has 4 heteroatoms. The van der Waals surface area contributed by atoms with E-state index in [1.807, 2.05) is 24.3 Å². The summed E-state index contributed by atoms with van der Waals surface area (Å²) in [6, 6.07) is 7.54. The summed E-state index contributed by atoms with van der Waals surface area (Å²) in [5.41, 5.74) is 1.46. The molecule has 0 bridgehead atoms. The van der Waals surface area contributed by atoms with Crippen LogP contribution in [0, 0.1) is 0 Å². The fraction of sp³-hybridized carbons (Fsp3) is 0.467. The number of aldehydes is 1. The molecule has 0 unspecified atom stereocenters. The molecule has 1 aliphatic carbocycles. The number of amides is 1. The van der Waals surface area contributed by atoms with Gasteiger partial charge >= 0.3 is 0 Å². The quantitative estimate of drug-likeness (QED) is 0.827. The normalized spacial score (nSPS) is 17.1. The number of ether oxygens (including phenoxy) is 1. The van der Waals surface area contributed by atoms with Gasteiger partial charge in [0.05, 0.1) is 5.41 Å². The first kappa shape index (κ1) is 13.7. The van der Waals surface area contributed by atoms with Gasteiger partial charge in [0.15, 0.2) is 0 Å². The number of anilines is 1. The number of nitrogens with one attached hydrogen (secondary N) is 1. The number of carbonyl (C=O) groups excluding carboxylic acids is 2. The summed E-state index contributed by atoms with van der Waals surface area (Å²) >= 11 is 0. The van der Waals surface area contributed by atoms with Gasteiger partial charge in [0.25, 0.3) is 0 Å². The van der Waals surface area contributed by atoms with E-state index < -0.39 is 0 Å². The van der Waals surface area contributed by atoms with Crippen molar-refractivity contribution in [2.24, 2.45) is 0 Å². The van der Waals surface area contributed by atoms with Crippen LogP contribution in [0.5, 0.6) is 0 Å². The third kappa shape index (κ3) is 3.01. The Kier molecular flexibility index (Phi) is 4.32. The van der Waals surface area contributed by atoms with Crippen LogP contribution in [-0.4, -0.2) is 25.9 Å². The lowest BCUT2D eigenvalue weighted by atomic mass is 9.80. The molecule has 1 N–H and O–H groups in total. The van der Waals surface area contributed by atoms with Crippen LogP contribution in [0.25, 0.3) is 0 Å². The van der Waals surface area contributed by atoms with Crippen molar-refractivity contribution in [2.75, 3.05) is 19.0 Å². The minimum atomic E-state index is -0.310. The van der Waals surface area contributed by atoms with Crippen LogP contribution < -0.4 is 5.32 Å². The number of rotatable bonds is 5. The predicted molar refractivity (Wildman–Crippen MR) is 73.2 cm³/mol. The Balaban J connectivity index is 2.09. The first-order valence-corrected chi connectivity index (χ1v) is 6.56. The predicted octanol–water partition coefficient (Wildman–Crippen LogP) is 2.28. The van der Waals surface area contributed by atoms with Crippen molar-refractivity contribution in [3.05, 3.63) is 29.8 Å². The third-order valence-electron chi connectivity index (χ3n) is 3.74. The summed E-state index contributed by atoms with van der Waals surface area (Å²) in [7, 11) is 1.48. The lowest BCUT2D eigenvalue weighted by molar-refractivity contribution is -0.119. The average molecular weight is 261 g/mol. The van der Waals surface area contributed by atoms with E-state index >= 15 is 0 Å². The van der Waals surface area contributed by atoms with Crippen LogP contribution in [0.3, 0.4) is 0 Å². The second-order valence-electron chi connectivity index (χ2n) is 5.04. The monoisotopic (exact) mass is 261 g/mol. The van der Waals surface area contributed by atoms with Crippen LogP contribution in [0.2, 0.25) is 0 Å². The first-order valence-electron chi connectivity index (χ1n) is 6.56. The van der Waals surface area contributed by atoms with E-state index in [-0.39, 0.29) is 17.9 Å². The Morgan fingerprint density at radius 1 is 1.32 bits per heavy atom. The Bertz CT molecular complexity index is 447. The molecule has 0 atom stereocenters. The van der Waals surface area contributed by atoms with Crippen LogP contribution in [0.4, 0.5) is 5.69 Å². The van der Waals surface area contributed by atoms with E-state index in [2.05, 4.69) is 5.32 Å². The van der Waals surface area contributed by atoms with E-state index in [1.54, 1.807) is 0 Å². The fourth-order valence-electron chi connectivity index (χ4n) is 2.69. The SMILES string of the molecule is COCC(=O)Nc1ccc(C2(C=O)CCCC2)cc1. The molecule has 0 heterocycles. The topological polar surface area (TPSA) is 55.4 Å². The zero-order valence-corrected chi connectivity index (χ0v) is 11.1. The lowest BCUT2D eigenvalue weighted by Gasteiger charge is -2.22. The van der Waals surface area contributed by atoms with Gasteiger partial charge < -0.3 is 14.8 Å². The minimum absolute atomic E-state index is 0.0417. The Morgan fingerprint density at radius 2 is 1.95 bits per heavy atom. The van der Waals surface area contributed by atoms with Gasteiger partial charge in [-0.3, -0.25) is 4.79 Å². The second kappa shape index (κ2) is 5.97. The van der Waals surface area contributed by atoms with E-state index in [4.69, 9.17) is 4.74 Å². The molecule has 1 aromatic rings. The molecule has 0 radical (unpaired) electrons. The summed E-state index contributed by atoms with van der Waals surface area (Å²) in [4.78, 5) is 22.8. The van der Waals surface area contributed by atoms with Gasteiger partial charge in [-0.2, -0.15) is 0 Å². The van der Waals surface area contributed by atoms with Gasteiger partial charge in [-0.25, -0.2) is 0 Å². The van der Waals surface area contributed by atoms with Crippen LogP contribution in [-0.2, 0) is 19.7 Å². The summed E-state index contributed by atoms with van der Waals surface area (Å²) in [6.07, 6.45) is 5.13. The van der Waals surface area contributed by atoms with Gasteiger partial charge in [0, 0.05) is 12.8 Å². The van der Waals surface area contributed by atoms with Crippen LogP contribution in [0.15, 0.2) is 24.3 Å². The van der Waals surface area contributed by atoms with Crippen LogP contribution in [0.1, 0.15) is 31.2 Å². The molecule has 0 spiro atoms. The van der Waals surface area contributed by atoms with Crippen molar-refractivity contribution in [1.82, 2.24) is 0 Å². The number of carbonyl (C=O) groups is 2. The zero-order valence-electron chi connectivity index (χ0n) is 11.1.